The third-order valence-electron chi connectivity index (χ3n) is 12.0. The fourth-order valence-corrected chi connectivity index (χ4v) is 13.5. The van der Waals surface area contributed by atoms with E-state index >= 15 is 0 Å². The summed E-state index contributed by atoms with van der Waals surface area (Å²) in [4.78, 5) is 0. The molecule has 0 saturated carbocycles. The van der Waals surface area contributed by atoms with Gasteiger partial charge in [0.15, 0.2) is 0 Å². The van der Waals surface area contributed by atoms with Crippen molar-refractivity contribution in [1.29, 1.82) is 0 Å². The maximum absolute atomic E-state index is 12.2. The van der Waals surface area contributed by atoms with E-state index in [1.165, 1.54) is 21.1 Å². The van der Waals surface area contributed by atoms with Gasteiger partial charge >= 0.3 is 0 Å². The molecule has 312 valence electrons. The first-order valence-corrected chi connectivity index (χ1v) is 23.6. The molecule has 0 heterocycles. The number of hydrogen-bond acceptors (Lipinski definition) is 4. The standard InChI is InChI=1S/C56H60O4Si/c1-5-23-53(57)54(60-56(48-26-11-6-12-27-48,49-28-13-7-14-29-49)50-30-15-8-16-31-50)41-45(43-58-42-44-36-37-46-24-21-22-25-47(46)40-44)38-39-59-61(55(2,3)4,51-32-17-9-18-33-51)52-34-19-10-20-35-52/h5-22,24-37,40,45,53-54,57H,1,23,38-39,41-43H2,2-4H3/t45-,53+,54-/m1/s1. The van der Waals surface area contributed by atoms with Crippen LogP contribution in [0.1, 0.15) is 62.3 Å². The zero-order chi connectivity index (χ0) is 42.5. The van der Waals surface area contributed by atoms with Gasteiger partial charge in [0, 0.05) is 6.61 Å². The van der Waals surface area contributed by atoms with Gasteiger partial charge in [-0.3, -0.25) is 0 Å². The second-order valence-corrected chi connectivity index (χ2v) is 21.4. The minimum absolute atomic E-state index is 0.0249. The Balaban J connectivity index is 1.25. The Morgan fingerprint density at radius 2 is 1.08 bits per heavy atom. The highest BCUT2D eigenvalue weighted by Gasteiger charge is 2.50. The molecule has 0 saturated heterocycles. The van der Waals surface area contributed by atoms with Crippen LogP contribution in [0, 0.1) is 5.92 Å². The Labute approximate surface area is 364 Å². The lowest BCUT2D eigenvalue weighted by molar-refractivity contribution is -0.114. The molecule has 7 aromatic rings. The first-order valence-electron chi connectivity index (χ1n) is 21.7. The fraction of sp³-hybridized carbons (Fsp3) is 0.250. The van der Waals surface area contributed by atoms with Crippen LogP contribution < -0.4 is 10.4 Å². The van der Waals surface area contributed by atoms with Crippen molar-refractivity contribution in [3.63, 3.8) is 0 Å². The van der Waals surface area contributed by atoms with E-state index in [-0.39, 0.29) is 11.0 Å². The lowest BCUT2D eigenvalue weighted by atomic mass is 9.79. The number of aliphatic hydroxyl groups is 1. The van der Waals surface area contributed by atoms with Crippen LogP contribution in [-0.2, 0) is 26.1 Å². The molecule has 4 nitrogen and oxygen atoms in total. The van der Waals surface area contributed by atoms with Crippen LogP contribution in [0.2, 0.25) is 5.04 Å². The average Bonchev–Trinajstić information content (AvgIpc) is 3.30. The van der Waals surface area contributed by atoms with Crippen molar-refractivity contribution in [2.24, 2.45) is 5.92 Å². The molecule has 0 aliphatic heterocycles. The van der Waals surface area contributed by atoms with Crippen molar-refractivity contribution in [3.8, 4) is 0 Å². The molecule has 0 fully saturated rings. The number of hydrogen-bond donors (Lipinski definition) is 1. The predicted molar refractivity (Wildman–Crippen MR) is 255 cm³/mol. The van der Waals surface area contributed by atoms with E-state index in [2.05, 4.69) is 203 Å². The third-order valence-corrected chi connectivity index (χ3v) is 17.0. The fourth-order valence-electron chi connectivity index (χ4n) is 8.97. The summed E-state index contributed by atoms with van der Waals surface area (Å²) >= 11 is 0. The van der Waals surface area contributed by atoms with Crippen molar-refractivity contribution >= 4 is 29.5 Å². The first kappa shape index (κ1) is 43.7. The van der Waals surface area contributed by atoms with E-state index in [1.54, 1.807) is 6.08 Å². The van der Waals surface area contributed by atoms with E-state index in [9.17, 15) is 5.11 Å². The molecule has 0 aromatic heterocycles. The van der Waals surface area contributed by atoms with Crippen LogP contribution in [0.3, 0.4) is 0 Å². The molecule has 61 heavy (non-hydrogen) atoms. The predicted octanol–water partition coefficient (Wildman–Crippen LogP) is 11.6. The van der Waals surface area contributed by atoms with Crippen molar-refractivity contribution < 1.29 is 19.0 Å². The van der Waals surface area contributed by atoms with Gasteiger partial charge in [-0.1, -0.05) is 215 Å². The molecule has 0 bridgehead atoms. The van der Waals surface area contributed by atoms with Gasteiger partial charge in [0.1, 0.15) is 5.60 Å². The molecule has 0 unspecified atom stereocenters. The van der Waals surface area contributed by atoms with Gasteiger partial charge in [-0.15, -0.1) is 6.58 Å². The Bertz CT molecular complexity index is 2240. The van der Waals surface area contributed by atoms with Gasteiger partial charge in [0.2, 0.25) is 0 Å². The van der Waals surface area contributed by atoms with Crippen molar-refractivity contribution in [3.05, 3.63) is 229 Å². The van der Waals surface area contributed by atoms with Crippen LogP contribution in [0.5, 0.6) is 0 Å². The van der Waals surface area contributed by atoms with E-state index in [4.69, 9.17) is 13.9 Å². The maximum atomic E-state index is 12.2. The molecule has 7 rings (SSSR count). The van der Waals surface area contributed by atoms with Gasteiger partial charge < -0.3 is 19.0 Å². The summed E-state index contributed by atoms with van der Waals surface area (Å²) in [5, 5.41) is 16.9. The molecule has 0 aliphatic carbocycles. The van der Waals surface area contributed by atoms with Gasteiger partial charge in [0.25, 0.3) is 8.32 Å². The highest BCUT2D eigenvalue weighted by Crippen LogP contribution is 2.43. The number of rotatable bonds is 20. The molecule has 0 spiro atoms. The van der Waals surface area contributed by atoms with Gasteiger partial charge in [-0.2, -0.15) is 0 Å². The summed E-state index contributed by atoms with van der Waals surface area (Å²) in [7, 11) is -2.81. The maximum Gasteiger partial charge on any atom is 0.261 e. The summed E-state index contributed by atoms with van der Waals surface area (Å²) in [6.45, 7) is 12.4. The molecule has 5 heteroatoms. The number of fused-ring (bicyclic) bond motifs is 1. The largest absolute Gasteiger partial charge is 0.407 e. The molecule has 3 atom stereocenters. The van der Waals surface area contributed by atoms with Gasteiger partial charge in [-0.25, -0.2) is 0 Å². The molecule has 7 aromatic carbocycles. The average molecular weight is 825 g/mol. The smallest absolute Gasteiger partial charge is 0.261 e. The van der Waals surface area contributed by atoms with Crippen molar-refractivity contribution in [2.45, 2.75) is 69.5 Å². The monoisotopic (exact) mass is 824 g/mol. The number of aliphatic hydroxyl groups excluding tert-OH is 1. The van der Waals surface area contributed by atoms with E-state index in [0.29, 0.717) is 39.1 Å². The molecular formula is C56H60O4Si. The topological polar surface area (TPSA) is 47.9 Å². The number of ether oxygens (including phenoxy) is 2. The van der Waals surface area contributed by atoms with E-state index in [0.717, 1.165) is 22.3 Å². The molecule has 0 aliphatic rings. The lowest BCUT2D eigenvalue weighted by Gasteiger charge is -2.43. The Morgan fingerprint density at radius 1 is 0.607 bits per heavy atom. The minimum atomic E-state index is -2.81. The lowest BCUT2D eigenvalue weighted by Crippen LogP contribution is -2.66. The second kappa shape index (κ2) is 20.4. The third kappa shape index (κ3) is 10.0. The van der Waals surface area contributed by atoms with Crippen molar-refractivity contribution in [2.75, 3.05) is 13.2 Å². The Morgan fingerprint density at radius 3 is 1.57 bits per heavy atom. The summed E-state index contributed by atoms with van der Waals surface area (Å²) in [6, 6.07) is 67.7. The van der Waals surface area contributed by atoms with Crippen molar-refractivity contribution in [1.82, 2.24) is 0 Å². The first-order chi connectivity index (χ1) is 29.7. The van der Waals surface area contributed by atoms with Crippen LogP contribution >= 0.6 is 0 Å². The highest BCUT2D eigenvalue weighted by molar-refractivity contribution is 6.99. The van der Waals surface area contributed by atoms with Crippen LogP contribution in [0.15, 0.2) is 207 Å². The number of benzene rings is 7. The van der Waals surface area contributed by atoms with E-state index < -0.39 is 26.1 Å². The zero-order valence-corrected chi connectivity index (χ0v) is 36.9. The molecule has 1 N–H and O–H groups in total. The summed E-state index contributed by atoms with van der Waals surface area (Å²) in [6.07, 6.45) is 1.98. The van der Waals surface area contributed by atoms with Gasteiger partial charge in [0.05, 0.1) is 25.4 Å². The molecular weight excluding hydrogens is 765 g/mol. The summed E-state index contributed by atoms with van der Waals surface area (Å²) in [5.41, 5.74) is 3.07. The molecule has 0 amide bonds. The second-order valence-electron chi connectivity index (χ2n) is 17.1. The van der Waals surface area contributed by atoms with Crippen LogP contribution in [0.4, 0.5) is 0 Å². The summed E-state index contributed by atoms with van der Waals surface area (Å²) in [5.74, 6) is -0.0249. The SMILES string of the molecule is C=CC[C@H](O)[C@@H](C[C@@H](CCO[Si](c1ccccc1)(c1ccccc1)C(C)(C)C)COCc1ccc2ccccc2c1)OC(c1ccccc1)(c1ccccc1)c1ccccc1. The van der Waals surface area contributed by atoms with Gasteiger partial charge in [-0.05, 0) is 79.7 Å². The normalized spacial score (nSPS) is 13.7. The summed E-state index contributed by atoms with van der Waals surface area (Å²) < 4.78 is 21.8. The quantitative estimate of drug-likeness (QED) is 0.0472. The Hall–Kier alpha value is -5.40. The van der Waals surface area contributed by atoms with E-state index in [1.807, 2.05) is 18.2 Å². The highest BCUT2D eigenvalue weighted by atomic mass is 28.4. The zero-order valence-electron chi connectivity index (χ0n) is 35.9. The minimum Gasteiger partial charge on any atom is -0.407 e. The Kier molecular flexibility index (Phi) is 14.6. The van der Waals surface area contributed by atoms with Crippen LogP contribution in [0.25, 0.3) is 10.8 Å². The van der Waals surface area contributed by atoms with Crippen LogP contribution in [-0.4, -0.2) is 38.8 Å². The molecule has 0 radical (unpaired) electrons.